The zero-order valence-electron chi connectivity index (χ0n) is 19.4. The third-order valence-corrected chi connectivity index (χ3v) is 6.04. The summed E-state index contributed by atoms with van der Waals surface area (Å²) in [5.74, 6) is -3.29. The summed E-state index contributed by atoms with van der Waals surface area (Å²) in [5, 5.41) is 23.5. The molecule has 1 saturated heterocycles. The van der Waals surface area contributed by atoms with E-state index in [2.05, 4.69) is 10.6 Å². The summed E-state index contributed by atoms with van der Waals surface area (Å²) >= 11 is 1.52. The highest BCUT2D eigenvalue weighted by atomic mass is 32.2. The van der Waals surface area contributed by atoms with Crippen LogP contribution in [0, 0.1) is 5.92 Å². The van der Waals surface area contributed by atoms with Crippen molar-refractivity contribution in [3.8, 4) is 0 Å². The first kappa shape index (κ1) is 28.7. The topological polar surface area (TPSA) is 179 Å². The first-order valence-electron chi connectivity index (χ1n) is 11.1. The van der Waals surface area contributed by atoms with E-state index in [0.29, 0.717) is 25.0 Å². The number of thioether (sulfide) groups is 1. The minimum atomic E-state index is -1.15. The summed E-state index contributed by atoms with van der Waals surface area (Å²) in [6, 6.07) is -3.95. The fourth-order valence-electron chi connectivity index (χ4n) is 3.64. The van der Waals surface area contributed by atoms with Gasteiger partial charge in [-0.3, -0.25) is 19.2 Å². The van der Waals surface area contributed by atoms with E-state index in [9.17, 15) is 29.1 Å². The molecule has 1 aliphatic heterocycles. The lowest BCUT2D eigenvalue weighted by Gasteiger charge is -2.30. The van der Waals surface area contributed by atoms with Gasteiger partial charge in [-0.15, -0.1) is 0 Å². The highest BCUT2D eigenvalue weighted by Crippen LogP contribution is 2.20. The first-order valence-corrected chi connectivity index (χ1v) is 12.5. The minimum absolute atomic E-state index is 0.0404. The number of carboxylic acid groups (broad SMARTS) is 2. The monoisotopic (exact) mass is 488 g/mol. The molecule has 0 aliphatic carbocycles. The number of carbonyl (C=O) groups is 5. The summed E-state index contributed by atoms with van der Waals surface area (Å²) in [4.78, 5) is 62.4. The SMILES string of the molecule is CSCCC(N)C(=O)NC(CCC(=O)O)C(=O)N1CCCC1C(=O)NC(CC(C)C)C(=O)O. The number of amides is 3. The number of nitrogens with one attached hydrogen (secondary N) is 2. The van der Waals surface area contributed by atoms with E-state index in [1.165, 1.54) is 16.7 Å². The molecule has 1 aliphatic rings. The van der Waals surface area contributed by atoms with Crippen molar-refractivity contribution in [1.82, 2.24) is 15.5 Å². The van der Waals surface area contributed by atoms with Crippen molar-refractivity contribution in [2.45, 2.75) is 76.5 Å². The van der Waals surface area contributed by atoms with Gasteiger partial charge in [0, 0.05) is 13.0 Å². The molecule has 33 heavy (non-hydrogen) atoms. The van der Waals surface area contributed by atoms with Gasteiger partial charge in [0.2, 0.25) is 17.7 Å². The van der Waals surface area contributed by atoms with Crippen LogP contribution in [-0.4, -0.2) is 87.5 Å². The fraction of sp³-hybridized carbons (Fsp3) is 0.762. The van der Waals surface area contributed by atoms with Gasteiger partial charge in [0.1, 0.15) is 18.1 Å². The quantitative estimate of drug-likeness (QED) is 0.225. The Hall–Kier alpha value is -2.34. The van der Waals surface area contributed by atoms with Crippen LogP contribution in [-0.2, 0) is 24.0 Å². The van der Waals surface area contributed by atoms with Crippen LogP contribution in [0.25, 0.3) is 0 Å². The van der Waals surface area contributed by atoms with Gasteiger partial charge in [0.15, 0.2) is 0 Å². The van der Waals surface area contributed by atoms with Crippen molar-refractivity contribution in [2.75, 3.05) is 18.6 Å². The second-order valence-electron chi connectivity index (χ2n) is 8.60. The molecule has 12 heteroatoms. The van der Waals surface area contributed by atoms with Crippen molar-refractivity contribution in [3.05, 3.63) is 0 Å². The maximum Gasteiger partial charge on any atom is 0.326 e. The molecule has 188 valence electrons. The molecule has 1 rings (SSSR count). The first-order chi connectivity index (χ1) is 15.5. The lowest BCUT2D eigenvalue weighted by molar-refractivity contribution is -0.145. The van der Waals surface area contributed by atoms with Gasteiger partial charge in [-0.2, -0.15) is 11.8 Å². The van der Waals surface area contributed by atoms with Gasteiger partial charge in [0.25, 0.3) is 0 Å². The number of nitrogens with zero attached hydrogens (tertiary/aromatic N) is 1. The predicted molar refractivity (Wildman–Crippen MR) is 124 cm³/mol. The summed E-state index contributed by atoms with van der Waals surface area (Å²) in [6.07, 6.45) is 2.89. The molecule has 4 unspecified atom stereocenters. The Kier molecular flexibility index (Phi) is 12.2. The van der Waals surface area contributed by atoms with Gasteiger partial charge in [-0.1, -0.05) is 13.8 Å². The molecule has 0 bridgehead atoms. The van der Waals surface area contributed by atoms with Crippen LogP contribution in [0.4, 0.5) is 0 Å². The van der Waals surface area contributed by atoms with E-state index in [0.717, 1.165) is 0 Å². The maximum atomic E-state index is 13.2. The zero-order valence-corrected chi connectivity index (χ0v) is 20.2. The molecule has 0 spiro atoms. The second kappa shape index (κ2) is 14.0. The molecule has 0 saturated carbocycles. The number of rotatable bonds is 14. The van der Waals surface area contributed by atoms with Gasteiger partial charge < -0.3 is 31.5 Å². The second-order valence-corrected chi connectivity index (χ2v) is 9.59. The highest BCUT2D eigenvalue weighted by Gasteiger charge is 2.39. The van der Waals surface area contributed by atoms with Crippen molar-refractivity contribution in [1.29, 1.82) is 0 Å². The van der Waals surface area contributed by atoms with Crippen molar-refractivity contribution >= 4 is 41.4 Å². The predicted octanol–water partition coefficient (Wildman–Crippen LogP) is 0.0229. The lowest BCUT2D eigenvalue weighted by Crippen LogP contribution is -2.57. The van der Waals surface area contributed by atoms with Gasteiger partial charge in [0.05, 0.1) is 6.04 Å². The van der Waals surface area contributed by atoms with Crippen LogP contribution in [0.1, 0.15) is 52.4 Å². The third-order valence-electron chi connectivity index (χ3n) is 5.39. The van der Waals surface area contributed by atoms with Crippen molar-refractivity contribution < 1.29 is 34.2 Å². The number of hydrogen-bond donors (Lipinski definition) is 5. The van der Waals surface area contributed by atoms with Crippen LogP contribution in [0.5, 0.6) is 0 Å². The van der Waals surface area contributed by atoms with E-state index >= 15 is 0 Å². The Morgan fingerprint density at radius 1 is 1.09 bits per heavy atom. The number of carboxylic acids is 2. The standard InChI is InChI=1S/C21H36N4O7S/c1-12(2)11-15(21(31)32)24-19(29)16-5-4-9-25(16)20(30)14(6-7-17(26)27)23-18(28)13(22)8-10-33-3/h12-16H,4-11,22H2,1-3H3,(H,23,28)(H,24,29)(H,26,27)(H,31,32). The summed E-state index contributed by atoms with van der Waals surface area (Å²) < 4.78 is 0. The van der Waals surface area contributed by atoms with E-state index in [1.54, 1.807) is 0 Å². The van der Waals surface area contributed by atoms with Crippen LogP contribution in [0.3, 0.4) is 0 Å². The zero-order chi connectivity index (χ0) is 25.1. The number of nitrogens with two attached hydrogens (primary N) is 1. The summed E-state index contributed by atoms with van der Waals surface area (Å²) in [5.41, 5.74) is 5.87. The van der Waals surface area contributed by atoms with Crippen LogP contribution >= 0.6 is 11.8 Å². The molecular formula is C21H36N4O7S. The van der Waals surface area contributed by atoms with Gasteiger partial charge in [-0.05, 0) is 50.0 Å². The number of aliphatic carboxylic acids is 2. The molecule has 4 atom stereocenters. The van der Waals surface area contributed by atoms with Crippen LogP contribution in [0.15, 0.2) is 0 Å². The van der Waals surface area contributed by atoms with E-state index < -0.39 is 53.8 Å². The molecular weight excluding hydrogens is 452 g/mol. The molecule has 11 nitrogen and oxygen atoms in total. The normalized spacial score (nSPS) is 18.5. The number of likely N-dealkylation sites (tertiary alicyclic amines) is 1. The number of hydrogen-bond acceptors (Lipinski definition) is 7. The Labute approximate surface area is 198 Å². The molecule has 0 aromatic carbocycles. The Morgan fingerprint density at radius 2 is 1.76 bits per heavy atom. The molecule has 1 heterocycles. The Balaban J connectivity index is 2.95. The molecule has 1 fully saturated rings. The molecule has 0 radical (unpaired) electrons. The lowest BCUT2D eigenvalue weighted by atomic mass is 10.0. The third kappa shape index (κ3) is 9.58. The average molecular weight is 489 g/mol. The van der Waals surface area contributed by atoms with Crippen LogP contribution in [0.2, 0.25) is 0 Å². The van der Waals surface area contributed by atoms with E-state index in [1.807, 2.05) is 20.1 Å². The largest absolute Gasteiger partial charge is 0.481 e. The van der Waals surface area contributed by atoms with E-state index in [-0.39, 0.29) is 31.7 Å². The molecule has 0 aromatic heterocycles. The fourth-order valence-corrected chi connectivity index (χ4v) is 4.13. The average Bonchev–Trinajstić information content (AvgIpc) is 3.23. The maximum absolute atomic E-state index is 13.2. The summed E-state index contributed by atoms with van der Waals surface area (Å²) in [6.45, 7) is 3.93. The van der Waals surface area contributed by atoms with Crippen LogP contribution < -0.4 is 16.4 Å². The number of carbonyl (C=O) groups excluding carboxylic acids is 3. The smallest absolute Gasteiger partial charge is 0.326 e. The van der Waals surface area contributed by atoms with Crippen molar-refractivity contribution in [2.24, 2.45) is 11.7 Å². The Bertz CT molecular complexity index is 719. The summed E-state index contributed by atoms with van der Waals surface area (Å²) in [7, 11) is 0. The minimum Gasteiger partial charge on any atom is -0.481 e. The van der Waals surface area contributed by atoms with Crippen molar-refractivity contribution in [3.63, 3.8) is 0 Å². The molecule has 6 N–H and O–H groups in total. The van der Waals surface area contributed by atoms with Gasteiger partial charge >= 0.3 is 11.9 Å². The Morgan fingerprint density at radius 3 is 2.30 bits per heavy atom. The molecule has 0 aromatic rings. The molecule has 3 amide bonds. The van der Waals surface area contributed by atoms with E-state index in [4.69, 9.17) is 10.8 Å². The highest BCUT2D eigenvalue weighted by molar-refractivity contribution is 7.98. The van der Waals surface area contributed by atoms with Gasteiger partial charge in [-0.25, -0.2) is 4.79 Å².